The Labute approximate surface area is 156 Å². The second-order valence-electron chi connectivity index (χ2n) is 6.50. The van der Waals surface area contributed by atoms with E-state index in [1.807, 2.05) is 12.1 Å². The number of allylic oxidation sites excluding steroid dienone is 2. The molecular weight excluding hydrogens is 345 g/mol. The van der Waals surface area contributed by atoms with Crippen molar-refractivity contribution in [3.63, 3.8) is 0 Å². The van der Waals surface area contributed by atoms with Gasteiger partial charge in [-0.2, -0.15) is 0 Å². The third kappa shape index (κ3) is 2.58. The number of halogens is 1. The Hall–Kier alpha value is -3.21. The Morgan fingerprint density at radius 1 is 1.11 bits per heavy atom. The van der Waals surface area contributed by atoms with Gasteiger partial charge in [-0.05, 0) is 19.9 Å². The third-order valence-corrected chi connectivity index (χ3v) is 4.96. The molecule has 1 atom stereocenters. The van der Waals surface area contributed by atoms with Crippen LogP contribution >= 0.6 is 0 Å². The van der Waals surface area contributed by atoms with E-state index in [1.165, 1.54) is 6.07 Å². The molecule has 0 saturated carbocycles. The minimum Gasteiger partial charge on any atom is -0.463 e. The van der Waals surface area contributed by atoms with Gasteiger partial charge in [0.15, 0.2) is 5.78 Å². The number of carbonyl (C=O) groups is 2. The zero-order chi connectivity index (χ0) is 19.1. The molecular formula is C22H18FNO3. The minimum absolute atomic E-state index is 0.194. The topological polar surface area (TPSA) is 55.4 Å². The number of carbonyl (C=O) groups excluding carboxylic acids is 2. The van der Waals surface area contributed by atoms with E-state index in [1.54, 1.807) is 44.2 Å². The summed E-state index contributed by atoms with van der Waals surface area (Å²) < 4.78 is 19.9. The number of fused-ring (bicyclic) bond motifs is 2. The van der Waals surface area contributed by atoms with Gasteiger partial charge in [0.2, 0.25) is 0 Å². The fourth-order valence-electron chi connectivity index (χ4n) is 3.83. The molecule has 1 heterocycles. The van der Waals surface area contributed by atoms with Crippen LogP contribution in [0.3, 0.4) is 0 Å². The lowest BCUT2D eigenvalue weighted by molar-refractivity contribution is -0.138. The predicted octanol–water partition coefficient (Wildman–Crippen LogP) is 3.96. The fourth-order valence-corrected chi connectivity index (χ4v) is 3.83. The van der Waals surface area contributed by atoms with Crippen molar-refractivity contribution in [2.75, 3.05) is 6.61 Å². The van der Waals surface area contributed by atoms with E-state index in [-0.39, 0.29) is 23.5 Å². The molecule has 0 radical (unpaired) electrons. The van der Waals surface area contributed by atoms with Crippen LogP contribution in [0.5, 0.6) is 0 Å². The van der Waals surface area contributed by atoms with Gasteiger partial charge in [-0.15, -0.1) is 0 Å². The highest BCUT2D eigenvalue weighted by Crippen LogP contribution is 2.47. The molecule has 0 saturated heterocycles. The first-order chi connectivity index (χ1) is 13.0. The molecule has 1 aliphatic carbocycles. The minimum atomic E-state index is -0.818. The highest BCUT2D eigenvalue weighted by Gasteiger charge is 2.43. The summed E-state index contributed by atoms with van der Waals surface area (Å²) in [6.45, 7) is 3.65. The van der Waals surface area contributed by atoms with Gasteiger partial charge in [-0.25, -0.2) is 9.18 Å². The normalized spacial score (nSPS) is 18.2. The molecule has 0 fully saturated rings. The molecule has 0 aromatic heterocycles. The van der Waals surface area contributed by atoms with E-state index in [9.17, 15) is 14.0 Å². The number of ether oxygens (including phenoxy) is 1. The van der Waals surface area contributed by atoms with Crippen LogP contribution in [0.1, 0.15) is 41.3 Å². The fraction of sp³-hybridized carbons (Fsp3) is 0.182. The summed E-state index contributed by atoms with van der Waals surface area (Å²) in [5.74, 6) is -2.03. The SMILES string of the molecule is CCOC(=O)C1=C(C)NC2=C(C(=O)c3ccccc32)[C@H]1c1ccccc1F. The molecule has 0 amide bonds. The second-order valence-corrected chi connectivity index (χ2v) is 6.50. The summed E-state index contributed by atoms with van der Waals surface area (Å²) in [5, 5.41) is 3.19. The van der Waals surface area contributed by atoms with Crippen LogP contribution in [0.2, 0.25) is 0 Å². The largest absolute Gasteiger partial charge is 0.463 e. The Kier molecular flexibility index (Phi) is 4.15. The molecule has 2 aromatic carbocycles. The summed E-state index contributed by atoms with van der Waals surface area (Å²) >= 11 is 0. The Morgan fingerprint density at radius 3 is 2.48 bits per heavy atom. The Morgan fingerprint density at radius 2 is 1.78 bits per heavy atom. The van der Waals surface area contributed by atoms with E-state index in [4.69, 9.17) is 4.74 Å². The molecule has 4 rings (SSSR count). The van der Waals surface area contributed by atoms with E-state index in [2.05, 4.69) is 5.32 Å². The van der Waals surface area contributed by atoms with E-state index in [0.29, 0.717) is 22.5 Å². The first-order valence-corrected chi connectivity index (χ1v) is 8.82. The number of nitrogens with one attached hydrogen (secondary N) is 1. The van der Waals surface area contributed by atoms with Gasteiger partial charge < -0.3 is 10.1 Å². The number of ketones is 1. The van der Waals surface area contributed by atoms with Crippen molar-refractivity contribution in [1.29, 1.82) is 0 Å². The van der Waals surface area contributed by atoms with Crippen molar-refractivity contribution in [2.24, 2.45) is 0 Å². The number of dihydropyridines is 1. The lowest BCUT2D eigenvalue weighted by atomic mass is 9.79. The molecule has 1 aliphatic heterocycles. The summed E-state index contributed by atoms with van der Waals surface area (Å²) in [5.41, 5.74) is 3.45. The molecule has 5 heteroatoms. The van der Waals surface area contributed by atoms with Gasteiger partial charge >= 0.3 is 5.97 Å². The molecule has 2 aromatic rings. The standard InChI is InChI=1S/C22H18FNO3/c1-3-27-22(26)17-12(2)24-20-13-8-4-5-9-14(13)21(25)19(20)18(17)15-10-6-7-11-16(15)23/h4-11,18,24H,3H2,1-2H3/t18-/m0/s1. The van der Waals surface area contributed by atoms with Crippen LogP contribution < -0.4 is 5.32 Å². The van der Waals surface area contributed by atoms with Gasteiger partial charge in [0, 0.05) is 28.0 Å². The number of hydrogen-bond donors (Lipinski definition) is 1. The van der Waals surface area contributed by atoms with Crippen molar-refractivity contribution in [2.45, 2.75) is 19.8 Å². The average molecular weight is 363 g/mol. The number of benzene rings is 2. The van der Waals surface area contributed by atoms with Crippen molar-refractivity contribution < 1.29 is 18.7 Å². The van der Waals surface area contributed by atoms with Crippen LogP contribution in [0.15, 0.2) is 65.4 Å². The number of esters is 1. The van der Waals surface area contributed by atoms with Crippen molar-refractivity contribution in [3.8, 4) is 0 Å². The quantitative estimate of drug-likeness (QED) is 0.839. The number of rotatable bonds is 3. The highest BCUT2D eigenvalue weighted by atomic mass is 19.1. The third-order valence-electron chi connectivity index (χ3n) is 4.96. The van der Waals surface area contributed by atoms with Gasteiger partial charge in [0.25, 0.3) is 0 Å². The van der Waals surface area contributed by atoms with Crippen LogP contribution in [-0.2, 0) is 9.53 Å². The maximum atomic E-state index is 14.7. The molecule has 27 heavy (non-hydrogen) atoms. The lowest BCUT2D eigenvalue weighted by Gasteiger charge is -2.29. The maximum Gasteiger partial charge on any atom is 0.336 e. The highest BCUT2D eigenvalue weighted by molar-refractivity contribution is 6.23. The van der Waals surface area contributed by atoms with E-state index < -0.39 is 17.7 Å². The smallest absolute Gasteiger partial charge is 0.336 e. The van der Waals surface area contributed by atoms with Crippen LogP contribution in [0.25, 0.3) is 5.70 Å². The number of hydrogen-bond acceptors (Lipinski definition) is 4. The first kappa shape index (κ1) is 17.2. The average Bonchev–Trinajstić information content (AvgIpc) is 2.94. The van der Waals surface area contributed by atoms with Crippen LogP contribution in [-0.4, -0.2) is 18.4 Å². The second kappa shape index (κ2) is 6.50. The van der Waals surface area contributed by atoms with Crippen molar-refractivity contribution in [3.05, 3.63) is 87.9 Å². The summed E-state index contributed by atoms with van der Waals surface area (Å²) in [6, 6.07) is 13.5. The molecule has 4 nitrogen and oxygen atoms in total. The van der Waals surface area contributed by atoms with Gasteiger partial charge in [-0.1, -0.05) is 42.5 Å². The molecule has 0 spiro atoms. The van der Waals surface area contributed by atoms with Crippen LogP contribution in [0.4, 0.5) is 4.39 Å². The zero-order valence-electron chi connectivity index (χ0n) is 15.0. The maximum absolute atomic E-state index is 14.7. The Bertz CT molecular complexity index is 1040. The Balaban J connectivity index is 1.96. The molecule has 1 N–H and O–H groups in total. The van der Waals surface area contributed by atoms with E-state index >= 15 is 0 Å². The molecule has 0 bridgehead atoms. The summed E-state index contributed by atoms with van der Waals surface area (Å²) in [7, 11) is 0. The lowest BCUT2D eigenvalue weighted by Crippen LogP contribution is -2.29. The molecule has 2 aliphatic rings. The zero-order valence-corrected chi connectivity index (χ0v) is 15.0. The predicted molar refractivity (Wildman–Crippen MR) is 99.3 cm³/mol. The first-order valence-electron chi connectivity index (χ1n) is 8.82. The van der Waals surface area contributed by atoms with E-state index in [0.717, 1.165) is 5.56 Å². The monoisotopic (exact) mass is 363 g/mol. The molecule has 0 unspecified atom stereocenters. The summed E-state index contributed by atoms with van der Waals surface area (Å²) in [6.07, 6.45) is 0. The van der Waals surface area contributed by atoms with Crippen molar-refractivity contribution >= 4 is 17.4 Å². The van der Waals surface area contributed by atoms with Gasteiger partial charge in [0.05, 0.1) is 23.8 Å². The molecule has 136 valence electrons. The number of Topliss-reactive ketones (excluding diaryl/α,β-unsaturated/α-hetero) is 1. The van der Waals surface area contributed by atoms with Gasteiger partial charge in [-0.3, -0.25) is 4.79 Å². The van der Waals surface area contributed by atoms with Crippen molar-refractivity contribution in [1.82, 2.24) is 5.32 Å². The van der Waals surface area contributed by atoms with Crippen LogP contribution in [0, 0.1) is 5.82 Å². The summed E-state index contributed by atoms with van der Waals surface area (Å²) in [4.78, 5) is 25.9. The van der Waals surface area contributed by atoms with Gasteiger partial charge in [0.1, 0.15) is 5.82 Å².